The number of hydrogen-bond donors (Lipinski definition) is 2. The van der Waals surface area contributed by atoms with Gasteiger partial charge in [0.1, 0.15) is 5.82 Å². The summed E-state index contributed by atoms with van der Waals surface area (Å²) in [6.07, 6.45) is 2.98. The van der Waals surface area contributed by atoms with Gasteiger partial charge >= 0.3 is 0 Å². The van der Waals surface area contributed by atoms with Crippen LogP contribution in [0.2, 0.25) is 0 Å². The third-order valence-electron chi connectivity index (χ3n) is 3.73. The van der Waals surface area contributed by atoms with Crippen molar-refractivity contribution in [3.05, 3.63) is 65.6 Å². The van der Waals surface area contributed by atoms with Gasteiger partial charge in [0.05, 0.1) is 6.42 Å². The highest BCUT2D eigenvalue weighted by atomic mass is 19.1. The van der Waals surface area contributed by atoms with E-state index in [2.05, 4.69) is 17.2 Å². The molecule has 0 unspecified atom stereocenters. The molecule has 3 aromatic rings. The van der Waals surface area contributed by atoms with Crippen LogP contribution < -0.4 is 5.32 Å². The van der Waals surface area contributed by atoms with Crippen LogP contribution >= 0.6 is 0 Å². The zero-order chi connectivity index (χ0) is 15.5. The predicted octanol–water partition coefficient (Wildman–Crippen LogP) is 4.05. The summed E-state index contributed by atoms with van der Waals surface area (Å²) in [6.45, 7) is 2.09. The lowest BCUT2D eigenvalue weighted by molar-refractivity contribution is -0.115. The fourth-order valence-electron chi connectivity index (χ4n) is 2.51. The first kappa shape index (κ1) is 14.3. The average molecular weight is 296 g/mol. The van der Waals surface area contributed by atoms with Gasteiger partial charge in [0.2, 0.25) is 5.91 Å². The Hall–Kier alpha value is -2.62. The molecule has 112 valence electrons. The minimum absolute atomic E-state index is 0.0885. The number of nitrogens with one attached hydrogen (secondary N) is 2. The van der Waals surface area contributed by atoms with Crippen LogP contribution in [0.4, 0.5) is 10.1 Å². The van der Waals surface area contributed by atoms with Gasteiger partial charge in [-0.2, -0.15) is 0 Å². The Morgan fingerprint density at radius 2 is 1.95 bits per heavy atom. The number of halogens is 1. The summed E-state index contributed by atoms with van der Waals surface area (Å²) in [7, 11) is 0. The molecule has 0 aliphatic heterocycles. The van der Waals surface area contributed by atoms with E-state index in [1.54, 1.807) is 12.3 Å². The highest BCUT2D eigenvalue weighted by molar-refractivity contribution is 5.95. The second-order valence-corrected chi connectivity index (χ2v) is 5.28. The number of H-pyrrole nitrogens is 1. The number of fused-ring (bicyclic) bond motifs is 1. The fraction of sp³-hybridized carbons (Fsp3) is 0.167. The number of aryl methyl sites for hydroxylation is 1. The number of rotatable bonds is 4. The molecule has 0 aliphatic carbocycles. The molecule has 0 saturated carbocycles. The van der Waals surface area contributed by atoms with Crippen LogP contribution in [0, 0.1) is 5.82 Å². The lowest BCUT2D eigenvalue weighted by Gasteiger charge is -2.05. The Morgan fingerprint density at radius 3 is 2.68 bits per heavy atom. The SMILES string of the molecule is CCc1ccc(NC(=O)Cc2c[nH]c3cc(F)ccc23)cc1. The van der Waals surface area contributed by atoms with Crippen molar-refractivity contribution in [3.63, 3.8) is 0 Å². The third-order valence-corrected chi connectivity index (χ3v) is 3.73. The molecule has 22 heavy (non-hydrogen) atoms. The molecular formula is C18H17FN2O. The lowest BCUT2D eigenvalue weighted by Crippen LogP contribution is -2.14. The quantitative estimate of drug-likeness (QED) is 0.749. The number of aromatic amines is 1. The maximum Gasteiger partial charge on any atom is 0.228 e. The number of aromatic nitrogens is 1. The number of carbonyl (C=O) groups is 1. The van der Waals surface area contributed by atoms with Gasteiger partial charge < -0.3 is 10.3 Å². The molecule has 0 aliphatic rings. The predicted molar refractivity (Wildman–Crippen MR) is 86.4 cm³/mol. The van der Waals surface area contributed by atoms with Crippen LogP contribution in [-0.4, -0.2) is 10.9 Å². The monoisotopic (exact) mass is 296 g/mol. The van der Waals surface area contributed by atoms with Gasteiger partial charge in [0.15, 0.2) is 0 Å². The molecule has 1 amide bonds. The number of amides is 1. The van der Waals surface area contributed by atoms with Gasteiger partial charge in [-0.15, -0.1) is 0 Å². The van der Waals surface area contributed by atoms with Crippen LogP contribution in [0.1, 0.15) is 18.1 Å². The Labute approximate surface area is 128 Å². The first-order valence-electron chi connectivity index (χ1n) is 7.30. The highest BCUT2D eigenvalue weighted by Crippen LogP contribution is 2.20. The molecule has 1 heterocycles. The molecule has 2 aromatic carbocycles. The van der Waals surface area contributed by atoms with E-state index >= 15 is 0 Å². The topological polar surface area (TPSA) is 44.9 Å². The Balaban J connectivity index is 1.72. The van der Waals surface area contributed by atoms with Crippen LogP contribution in [0.25, 0.3) is 10.9 Å². The summed E-state index contributed by atoms with van der Waals surface area (Å²) in [5.74, 6) is -0.379. The van der Waals surface area contributed by atoms with Crippen molar-refractivity contribution < 1.29 is 9.18 Å². The molecule has 0 bridgehead atoms. The minimum Gasteiger partial charge on any atom is -0.361 e. The van der Waals surface area contributed by atoms with Crippen molar-refractivity contribution >= 4 is 22.5 Å². The van der Waals surface area contributed by atoms with Gasteiger partial charge in [-0.25, -0.2) is 4.39 Å². The maximum atomic E-state index is 13.2. The molecule has 3 nitrogen and oxygen atoms in total. The van der Waals surface area contributed by atoms with Gasteiger partial charge in [-0.05, 0) is 47.9 Å². The van der Waals surface area contributed by atoms with Gasteiger partial charge in [0.25, 0.3) is 0 Å². The minimum atomic E-state index is -0.290. The van der Waals surface area contributed by atoms with Gasteiger partial charge in [-0.3, -0.25) is 4.79 Å². The Bertz CT molecular complexity index is 806. The maximum absolute atomic E-state index is 13.2. The second kappa shape index (κ2) is 6.02. The zero-order valence-electron chi connectivity index (χ0n) is 12.3. The summed E-state index contributed by atoms with van der Waals surface area (Å²) >= 11 is 0. The molecular weight excluding hydrogens is 279 g/mol. The average Bonchev–Trinajstić information content (AvgIpc) is 2.90. The summed E-state index contributed by atoms with van der Waals surface area (Å²) in [5.41, 5.74) is 3.58. The second-order valence-electron chi connectivity index (χ2n) is 5.28. The molecule has 4 heteroatoms. The summed E-state index contributed by atoms with van der Waals surface area (Å²) < 4.78 is 13.2. The number of anilines is 1. The van der Waals surface area contributed by atoms with Crippen LogP contribution in [0.15, 0.2) is 48.7 Å². The van der Waals surface area contributed by atoms with Crippen molar-refractivity contribution in [2.24, 2.45) is 0 Å². The summed E-state index contributed by atoms with van der Waals surface area (Å²) in [4.78, 5) is 15.1. The van der Waals surface area contributed by atoms with Gasteiger partial charge in [0, 0.05) is 22.8 Å². The first-order valence-corrected chi connectivity index (χ1v) is 7.30. The van der Waals surface area contributed by atoms with E-state index in [0.717, 1.165) is 23.1 Å². The van der Waals surface area contributed by atoms with Crippen molar-refractivity contribution in [2.45, 2.75) is 19.8 Å². The van der Waals surface area contributed by atoms with E-state index in [0.29, 0.717) is 5.52 Å². The Kier molecular flexibility index (Phi) is 3.92. The number of hydrogen-bond acceptors (Lipinski definition) is 1. The normalized spacial score (nSPS) is 10.8. The Morgan fingerprint density at radius 1 is 1.18 bits per heavy atom. The molecule has 1 aromatic heterocycles. The molecule has 3 rings (SSSR count). The standard InChI is InChI=1S/C18H17FN2O/c1-2-12-3-6-15(7-4-12)21-18(22)9-13-11-20-17-10-14(19)5-8-16(13)17/h3-8,10-11,20H,2,9H2,1H3,(H,21,22). The van der Waals surface area contributed by atoms with Crippen molar-refractivity contribution in [1.29, 1.82) is 0 Å². The fourth-order valence-corrected chi connectivity index (χ4v) is 2.51. The summed E-state index contributed by atoms with van der Waals surface area (Å²) in [5, 5.41) is 3.75. The smallest absolute Gasteiger partial charge is 0.228 e. The van der Waals surface area contributed by atoms with E-state index in [9.17, 15) is 9.18 Å². The van der Waals surface area contributed by atoms with E-state index in [-0.39, 0.29) is 18.1 Å². The first-order chi connectivity index (χ1) is 10.7. The van der Waals surface area contributed by atoms with E-state index in [1.807, 2.05) is 24.3 Å². The molecule has 0 fully saturated rings. The van der Waals surface area contributed by atoms with E-state index < -0.39 is 0 Å². The number of carbonyl (C=O) groups excluding carboxylic acids is 1. The lowest BCUT2D eigenvalue weighted by atomic mass is 10.1. The van der Waals surface area contributed by atoms with Crippen LogP contribution in [-0.2, 0) is 17.6 Å². The van der Waals surface area contributed by atoms with Crippen molar-refractivity contribution in [2.75, 3.05) is 5.32 Å². The third kappa shape index (κ3) is 3.01. The molecule has 0 radical (unpaired) electrons. The largest absolute Gasteiger partial charge is 0.361 e. The molecule has 0 atom stereocenters. The molecule has 0 saturated heterocycles. The van der Waals surface area contributed by atoms with Crippen molar-refractivity contribution in [1.82, 2.24) is 4.98 Å². The summed E-state index contributed by atoms with van der Waals surface area (Å²) in [6, 6.07) is 12.3. The van der Waals surface area contributed by atoms with E-state index in [4.69, 9.17) is 0 Å². The highest BCUT2D eigenvalue weighted by Gasteiger charge is 2.09. The van der Waals surface area contributed by atoms with Crippen molar-refractivity contribution in [3.8, 4) is 0 Å². The number of benzene rings is 2. The molecule has 0 spiro atoms. The molecule has 2 N–H and O–H groups in total. The van der Waals surface area contributed by atoms with Gasteiger partial charge in [-0.1, -0.05) is 19.1 Å². The van der Waals surface area contributed by atoms with Crippen LogP contribution in [0.5, 0.6) is 0 Å². The van der Waals surface area contributed by atoms with E-state index in [1.165, 1.54) is 17.7 Å². The zero-order valence-corrected chi connectivity index (χ0v) is 12.3. The van der Waals surface area contributed by atoms with Crippen LogP contribution in [0.3, 0.4) is 0 Å².